The standard InChI is InChI=1S/C71H84Cl2N10O24/c1-27(2)16-39(76-6)63(95)82-54-56(90)31-10-13-43(37(72)18-31)103-45-20-33-21-46(60(45)107-70-61(59(93)58(92)47(26-84)105-70)106-49-25-71(5,75)62(94)29(4)102-49)104-44-14-11-32(19-38(44)73)57(91)55-69(101)81-53(65(97)77-15-7-8-28(3)85)36-22-34(86)23-42(88)50(36)35-17-30(9-12-41(35)87)51(66(98)83-55)80-67(99)52(33)79-64(96)40(24-48(74)89)78-68(54)100/h9-14,17-23,27,29,39-40,47,49,51-59,61-62,70,76,84,86-88,90-94H,7-8,15-16,24-26,75H2,1-6H3,(H2,74,89)(H,77,97)(H,78,100)(H,79,96)(H,80,99)(H,81,101)(H,82,95)(H,83,98)/t29?,39-,40+,47?,49?,51-,52-,53+,54-,55+,56-,57-,58?,59?,61?,62?,70?,71+/m1/s1. The van der Waals surface area contributed by atoms with E-state index in [1.165, 1.54) is 46.0 Å². The van der Waals surface area contributed by atoms with Crippen molar-refractivity contribution in [1.82, 2.24) is 42.5 Å². The Labute approximate surface area is 621 Å². The molecule has 2 saturated heterocycles. The topological polar surface area (TPSA) is 539 Å². The Hall–Kier alpha value is -9.53. The van der Waals surface area contributed by atoms with Gasteiger partial charge in [-0.15, -0.1) is 0 Å². The van der Waals surface area contributed by atoms with Crippen LogP contribution in [0.25, 0.3) is 11.1 Å². The number of halogens is 2. The first kappa shape index (κ1) is 80.0. The van der Waals surface area contributed by atoms with Gasteiger partial charge in [-0.1, -0.05) is 55.2 Å². The molecule has 34 nitrogen and oxygen atoms in total. The largest absolute Gasteiger partial charge is 0.508 e. The van der Waals surface area contributed by atoms with E-state index in [-0.39, 0.29) is 77.1 Å². The normalized spacial score (nSPS) is 28.4. The van der Waals surface area contributed by atoms with Gasteiger partial charge in [0.2, 0.25) is 59.3 Å². The number of fused-ring (bicyclic) bond motifs is 15. The molecule has 5 aromatic carbocycles. The molecule has 7 aliphatic rings. The second-order valence-corrected chi connectivity index (χ2v) is 28.3. The molecule has 36 heteroatoms. The Morgan fingerprint density at radius 3 is 1.93 bits per heavy atom. The summed E-state index contributed by atoms with van der Waals surface area (Å²) in [6.45, 7) is 6.82. The van der Waals surface area contributed by atoms with E-state index >= 15 is 19.2 Å². The van der Waals surface area contributed by atoms with E-state index in [9.17, 15) is 69.9 Å². The van der Waals surface area contributed by atoms with Crippen LogP contribution in [-0.2, 0) is 57.4 Å². The Bertz CT molecular complexity index is 4270. The molecule has 8 amide bonds. The van der Waals surface area contributed by atoms with Crippen LogP contribution < -0.4 is 68.2 Å². The molecule has 18 atom stereocenters. The summed E-state index contributed by atoms with van der Waals surface area (Å²) in [6, 6.07) is 0.0558. The summed E-state index contributed by atoms with van der Waals surface area (Å²) in [4.78, 5) is 131. The maximum absolute atomic E-state index is 16.2. The van der Waals surface area contributed by atoms with Gasteiger partial charge in [-0.05, 0) is 129 Å². The maximum Gasteiger partial charge on any atom is 0.248 e. The molecule has 7 heterocycles. The fourth-order valence-corrected chi connectivity index (χ4v) is 13.6. The van der Waals surface area contributed by atoms with Gasteiger partial charge in [0.15, 0.2) is 23.9 Å². The van der Waals surface area contributed by atoms with Crippen LogP contribution in [0.4, 0.5) is 0 Å². The van der Waals surface area contributed by atoms with Gasteiger partial charge in [-0.3, -0.25) is 38.4 Å². The van der Waals surface area contributed by atoms with E-state index in [1.807, 2.05) is 13.8 Å². The number of hydrogen-bond donors (Lipinski definition) is 19. The predicted octanol–water partition coefficient (Wildman–Crippen LogP) is 0.507. The number of nitrogens with two attached hydrogens (primary N) is 2. The number of phenolic OH excluding ortho intramolecular Hbond substituents is 3. The average Bonchev–Trinajstić information content (AvgIpc) is 0.771. The third kappa shape index (κ3) is 17.9. The van der Waals surface area contributed by atoms with Crippen LogP contribution in [0.2, 0.25) is 10.0 Å². The molecule has 0 aliphatic carbocycles. The minimum atomic E-state index is -2.35. The fraction of sp³-hybridized carbons (Fsp3) is 0.451. The van der Waals surface area contributed by atoms with Gasteiger partial charge in [-0.2, -0.15) is 0 Å². The number of aromatic hydroxyl groups is 3. The van der Waals surface area contributed by atoms with Crippen molar-refractivity contribution in [2.24, 2.45) is 17.4 Å². The van der Waals surface area contributed by atoms with Crippen molar-refractivity contribution >= 4 is 76.2 Å². The Balaban J connectivity index is 1.23. The average molecular weight is 1530 g/mol. The van der Waals surface area contributed by atoms with E-state index in [0.717, 1.165) is 60.7 Å². The molecule has 2 fully saturated rings. The molecular weight excluding hydrogens is 1450 g/mol. The van der Waals surface area contributed by atoms with E-state index in [1.54, 1.807) is 0 Å². The van der Waals surface area contributed by atoms with Crippen LogP contribution in [-0.4, -0.2) is 198 Å². The zero-order chi connectivity index (χ0) is 77.9. The number of Topliss-reactive ketones (excluding diaryl/α,β-unsaturated/α-hetero) is 1. The number of aliphatic hydroxyl groups is 6. The van der Waals surface area contributed by atoms with E-state index < -0.39 is 231 Å². The van der Waals surface area contributed by atoms with Crippen molar-refractivity contribution in [3.8, 4) is 57.1 Å². The number of aliphatic hydroxyl groups excluding tert-OH is 6. The van der Waals surface area contributed by atoms with Gasteiger partial charge in [0.25, 0.3) is 0 Å². The summed E-state index contributed by atoms with van der Waals surface area (Å²) < 4.78 is 38.5. The zero-order valence-corrected chi connectivity index (χ0v) is 59.9. The molecule has 0 spiro atoms. The van der Waals surface area contributed by atoms with Gasteiger partial charge >= 0.3 is 0 Å². The molecule has 0 radical (unpaired) electrons. The molecule has 576 valence electrons. The van der Waals surface area contributed by atoms with Gasteiger partial charge in [0.05, 0.1) is 41.3 Å². The van der Waals surface area contributed by atoms with Crippen LogP contribution in [0.5, 0.6) is 46.0 Å². The second-order valence-electron chi connectivity index (χ2n) is 27.5. The molecule has 5 aromatic rings. The van der Waals surface area contributed by atoms with Crippen molar-refractivity contribution in [2.75, 3.05) is 20.2 Å². The minimum absolute atomic E-state index is 0.0140. The SMILES string of the molecule is CN[C@H](CC(C)C)C(=O)N[C@H]1C(=O)N[C@@H](CC(N)=O)C(=O)N[C@H]2C(=O)N[C@H]3C(=O)N[C@H](C(=O)N[C@H](C(=O)NCCCC(C)=O)c4cc(O)cc(O)c4-c4cc3ccc4O)[C@H](O)c3ccc(c(Cl)c3)Oc3cc2cc(c3OC2OC(CO)C(O)C(O)C2OC2C[C@](C)(N)C(O)C(C)O2)Oc2ccc(cc2Cl)[C@H]1O. The zero-order valence-electron chi connectivity index (χ0n) is 58.4. The number of rotatable bonds is 17. The Morgan fingerprint density at radius 1 is 0.720 bits per heavy atom. The molecule has 0 saturated carbocycles. The van der Waals surface area contributed by atoms with Gasteiger partial charge in [0, 0.05) is 42.1 Å². The molecule has 7 aliphatic heterocycles. The van der Waals surface area contributed by atoms with Crippen LogP contribution in [0.3, 0.4) is 0 Å². The number of amides is 8. The molecular formula is C71H84Cl2N10O24. The van der Waals surface area contributed by atoms with Crippen molar-refractivity contribution in [1.29, 1.82) is 0 Å². The van der Waals surface area contributed by atoms with E-state index in [4.69, 9.17) is 63.1 Å². The van der Waals surface area contributed by atoms with Crippen molar-refractivity contribution in [2.45, 2.75) is 176 Å². The van der Waals surface area contributed by atoms with E-state index in [0.29, 0.717) is 0 Å². The first-order chi connectivity index (χ1) is 50.6. The summed E-state index contributed by atoms with van der Waals surface area (Å²) in [5, 5.41) is 124. The highest BCUT2D eigenvalue weighted by Gasteiger charge is 2.52. The number of ether oxygens (including phenoxy) is 6. The predicted molar refractivity (Wildman–Crippen MR) is 375 cm³/mol. The quantitative estimate of drug-likeness (QED) is 0.0564. The summed E-state index contributed by atoms with van der Waals surface area (Å²) >= 11 is 14.2. The van der Waals surface area contributed by atoms with Crippen molar-refractivity contribution in [3.05, 3.63) is 117 Å². The van der Waals surface area contributed by atoms with E-state index in [2.05, 4.69) is 42.5 Å². The van der Waals surface area contributed by atoms with Gasteiger partial charge < -0.3 is 133 Å². The smallest absolute Gasteiger partial charge is 0.248 e. The highest BCUT2D eigenvalue weighted by atomic mass is 35.5. The summed E-state index contributed by atoms with van der Waals surface area (Å²) in [6.07, 6.45) is -18.4. The molecule has 12 rings (SSSR count). The molecule has 8 unspecified atom stereocenters. The summed E-state index contributed by atoms with van der Waals surface area (Å²) in [5.41, 5.74) is 8.43. The van der Waals surface area contributed by atoms with Gasteiger partial charge in [-0.25, -0.2) is 0 Å². The number of primary amides is 1. The highest BCUT2D eigenvalue weighted by Crippen LogP contribution is 2.50. The van der Waals surface area contributed by atoms with Crippen molar-refractivity contribution < 1.29 is 118 Å². The number of carbonyl (C=O) groups excluding carboxylic acids is 9. The van der Waals surface area contributed by atoms with Crippen LogP contribution >= 0.6 is 23.2 Å². The number of nitrogens with one attached hydrogen (secondary N) is 8. The second kappa shape index (κ2) is 33.3. The summed E-state index contributed by atoms with van der Waals surface area (Å²) in [5.74, 6) is -15.1. The lowest BCUT2D eigenvalue weighted by atomic mass is 9.86. The molecule has 11 bridgehead atoms. The van der Waals surface area contributed by atoms with Crippen LogP contribution in [0.15, 0.2) is 78.9 Å². The third-order valence-corrected chi connectivity index (χ3v) is 19.4. The monoisotopic (exact) mass is 1530 g/mol. The third-order valence-electron chi connectivity index (χ3n) is 18.8. The number of ketones is 1. The maximum atomic E-state index is 16.2. The molecule has 107 heavy (non-hydrogen) atoms. The first-order valence-electron chi connectivity index (χ1n) is 34.1. The van der Waals surface area contributed by atoms with Crippen LogP contribution in [0.1, 0.15) is 125 Å². The number of hydrogen-bond acceptors (Lipinski definition) is 26. The molecule has 0 aromatic heterocycles. The molecule has 21 N–H and O–H groups in total. The number of carbonyl (C=O) groups is 9. The number of phenols is 3. The summed E-state index contributed by atoms with van der Waals surface area (Å²) in [7, 11) is 1.48. The lowest BCUT2D eigenvalue weighted by Crippen LogP contribution is -2.64. The first-order valence-corrected chi connectivity index (χ1v) is 34.8. The Morgan fingerprint density at radius 2 is 1.34 bits per heavy atom. The van der Waals surface area contributed by atoms with Crippen molar-refractivity contribution in [3.63, 3.8) is 0 Å². The number of likely N-dealkylation sites (N-methyl/N-ethyl adjacent to an activating group) is 1. The lowest BCUT2D eigenvalue weighted by Gasteiger charge is -2.47. The lowest BCUT2D eigenvalue weighted by molar-refractivity contribution is -0.333. The fourth-order valence-electron chi connectivity index (χ4n) is 13.2. The van der Waals surface area contributed by atoms with Gasteiger partial charge in [0.1, 0.15) is 101 Å². The highest BCUT2D eigenvalue weighted by molar-refractivity contribution is 6.32. The number of benzene rings is 5. The van der Waals surface area contributed by atoms with Crippen LogP contribution in [0, 0.1) is 5.92 Å². The Kier molecular flexibility index (Phi) is 24.9. The minimum Gasteiger partial charge on any atom is -0.508 e.